The van der Waals surface area contributed by atoms with Crippen LogP contribution in [0.1, 0.15) is 46.0 Å². The Morgan fingerprint density at radius 1 is 1.23 bits per heavy atom. The fourth-order valence-corrected chi connectivity index (χ4v) is 4.92. The van der Waals surface area contributed by atoms with Crippen LogP contribution in [0.15, 0.2) is 23.1 Å². The number of sulfonamides is 1. The van der Waals surface area contributed by atoms with Crippen molar-refractivity contribution < 1.29 is 17.9 Å². The van der Waals surface area contributed by atoms with Crippen molar-refractivity contribution in [3.8, 4) is 5.75 Å². The molecule has 8 heteroatoms. The molecule has 1 aromatic carbocycles. The van der Waals surface area contributed by atoms with Gasteiger partial charge in [0.1, 0.15) is 5.75 Å². The highest BCUT2D eigenvalue weighted by molar-refractivity contribution is 7.89. The first kappa shape index (κ1) is 21.0. The molecular weight excluding hydrogens is 376 g/mol. The lowest BCUT2D eigenvalue weighted by molar-refractivity contribution is -0.124. The van der Waals surface area contributed by atoms with Crippen molar-refractivity contribution in [3.05, 3.63) is 23.2 Å². The Labute approximate surface area is 160 Å². The SMILES string of the molecule is CCN(CC)S(=O)(=O)c1ccc(OCC(=O)NC2CCCCC2)c(Cl)c1. The number of nitrogens with one attached hydrogen (secondary N) is 1. The molecule has 1 aliphatic carbocycles. The number of amides is 1. The molecule has 0 bridgehead atoms. The van der Waals surface area contributed by atoms with Crippen molar-refractivity contribution in [2.24, 2.45) is 0 Å². The van der Waals surface area contributed by atoms with Gasteiger partial charge in [0.25, 0.3) is 5.91 Å². The molecule has 0 spiro atoms. The second-order valence-electron chi connectivity index (χ2n) is 6.37. The summed E-state index contributed by atoms with van der Waals surface area (Å²) in [6, 6.07) is 4.53. The van der Waals surface area contributed by atoms with Crippen molar-refractivity contribution in [3.63, 3.8) is 0 Å². The summed E-state index contributed by atoms with van der Waals surface area (Å²) in [6.07, 6.45) is 5.51. The van der Waals surface area contributed by atoms with E-state index in [4.69, 9.17) is 16.3 Å². The highest BCUT2D eigenvalue weighted by atomic mass is 35.5. The van der Waals surface area contributed by atoms with Gasteiger partial charge in [0.05, 0.1) is 9.92 Å². The second-order valence-corrected chi connectivity index (χ2v) is 8.72. The molecule has 6 nitrogen and oxygen atoms in total. The maximum absolute atomic E-state index is 12.5. The number of hydrogen-bond donors (Lipinski definition) is 1. The van der Waals surface area contributed by atoms with E-state index in [0.29, 0.717) is 18.8 Å². The number of carbonyl (C=O) groups is 1. The van der Waals surface area contributed by atoms with E-state index in [1.54, 1.807) is 13.8 Å². The van der Waals surface area contributed by atoms with Crippen LogP contribution in [-0.4, -0.2) is 44.4 Å². The molecule has 1 saturated carbocycles. The zero-order chi connectivity index (χ0) is 19.2. The predicted molar refractivity (Wildman–Crippen MR) is 102 cm³/mol. The molecule has 2 rings (SSSR count). The summed E-state index contributed by atoms with van der Waals surface area (Å²) in [5.74, 6) is 0.108. The van der Waals surface area contributed by atoms with Crippen LogP contribution >= 0.6 is 11.6 Å². The monoisotopic (exact) mass is 402 g/mol. The minimum absolute atomic E-state index is 0.116. The van der Waals surface area contributed by atoms with Gasteiger partial charge in [-0.05, 0) is 31.0 Å². The quantitative estimate of drug-likeness (QED) is 0.724. The number of rotatable bonds is 8. The van der Waals surface area contributed by atoms with Gasteiger partial charge in [-0.1, -0.05) is 44.7 Å². The zero-order valence-electron chi connectivity index (χ0n) is 15.3. The van der Waals surface area contributed by atoms with Crippen LogP contribution in [0.2, 0.25) is 5.02 Å². The second kappa shape index (κ2) is 9.58. The van der Waals surface area contributed by atoms with Crippen LogP contribution in [0.3, 0.4) is 0 Å². The first-order valence-corrected chi connectivity index (χ1v) is 10.9. The maximum Gasteiger partial charge on any atom is 0.258 e. The normalized spacial score (nSPS) is 15.8. The van der Waals surface area contributed by atoms with E-state index in [1.165, 1.54) is 28.9 Å². The molecule has 1 fully saturated rings. The molecule has 0 radical (unpaired) electrons. The van der Waals surface area contributed by atoms with E-state index in [9.17, 15) is 13.2 Å². The van der Waals surface area contributed by atoms with Gasteiger partial charge in [-0.3, -0.25) is 4.79 Å². The largest absolute Gasteiger partial charge is 0.482 e. The van der Waals surface area contributed by atoms with Crippen molar-refractivity contribution in [2.75, 3.05) is 19.7 Å². The first-order chi connectivity index (χ1) is 12.4. The number of benzene rings is 1. The van der Waals surface area contributed by atoms with E-state index >= 15 is 0 Å². The average Bonchev–Trinajstić information content (AvgIpc) is 2.62. The van der Waals surface area contributed by atoms with E-state index in [2.05, 4.69) is 5.32 Å². The van der Waals surface area contributed by atoms with E-state index in [-0.39, 0.29) is 28.5 Å². The van der Waals surface area contributed by atoms with Gasteiger partial charge in [-0.2, -0.15) is 4.31 Å². The molecular formula is C18H27ClN2O4S. The molecule has 1 aliphatic rings. The van der Waals surface area contributed by atoms with Crippen LogP contribution in [0.5, 0.6) is 5.75 Å². The Kier molecular flexibility index (Phi) is 7.73. The van der Waals surface area contributed by atoms with Gasteiger partial charge >= 0.3 is 0 Å². The van der Waals surface area contributed by atoms with Gasteiger partial charge < -0.3 is 10.1 Å². The van der Waals surface area contributed by atoms with Gasteiger partial charge in [0, 0.05) is 19.1 Å². The van der Waals surface area contributed by atoms with Crippen molar-refractivity contribution >= 4 is 27.5 Å². The highest BCUT2D eigenvalue weighted by Gasteiger charge is 2.23. The molecule has 146 valence electrons. The van der Waals surface area contributed by atoms with Crippen molar-refractivity contribution in [1.29, 1.82) is 0 Å². The lowest BCUT2D eigenvalue weighted by atomic mass is 9.95. The van der Waals surface area contributed by atoms with Gasteiger partial charge in [-0.15, -0.1) is 0 Å². The summed E-state index contributed by atoms with van der Waals surface area (Å²) in [4.78, 5) is 12.1. The van der Waals surface area contributed by atoms with E-state index < -0.39 is 10.0 Å². The molecule has 1 aromatic rings. The standard InChI is InChI=1S/C18H27ClN2O4S/c1-3-21(4-2)26(23,24)15-10-11-17(16(19)12-15)25-13-18(22)20-14-8-6-5-7-9-14/h10-12,14H,3-9,13H2,1-2H3,(H,20,22). The number of halogens is 1. The summed E-state index contributed by atoms with van der Waals surface area (Å²) in [7, 11) is -3.58. The molecule has 0 aromatic heterocycles. The topological polar surface area (TPSA) is 75.7 Å². The van der Waals surface area contributed by atoms with Crippen molar-refractivity contribution in [2.45, 2.75) is 56.9 Å². The molecule has 26 heavy (non-hydrogen) atoms. The fourth-order valence-electron chi connectivity index (χ4n) is 3.13. The van der Waals surface area contributed by atoms with Crippen LogP contribution in [-0.2, 0) is 14.8 Å². The number of ether oxygens (including phenoxy) is 1. The zero-order valence-corrected chi connectivity index (χ0v) is 16.9. The Hall–Kier alpha value is -1.31. The summed E-state index contributed by atoms with van der Waals surface area (Å²) < 4.78 is 31.8. The maximum atomic E-state index is 12.5. The minimum Gasteiger partial charge on any atom is -0.482 e. The lowest BCUT2D eigenvalue weighted by Crippen LogP contribution is -2.39. The number of hydrogen-bond acceptors (Lipinski definition) is 4. The van der Waals surface area contributed by atoms with Crippen LogP contribution in [0.25, 0.3) is 0 Å². The smallest absolute Gasteiger partial charge is 0.258 e. The Morgan fingerprint density at radius 2 is 1.88 bits per heavy atom. The third kappa shape index (κ3) is 5.34. The van der Waals surface area contributed by atoms with Crippen LogP contribution in [0.4, 0.5) is 0 Å². The molecule has 0 saturated heterocycles. The Balaban J connectivity index is 1.97. The van der Waals surface area contributed by atoms with Crippen LogP contribution < -0.4 is 10.1 Å². The third-order valence-corrected chi connectivity index (χ3v) is 6.92. The van der Waals surface area contributed by atoms with E-state index in [0.717, 1.165) is 25.7 Å². The highest BCUT2D eigenvalue weighted by Crippen LogP contribution is 2.28. The number of nitrogens with zero attached hydrogens (tertiary/aromatic N) is 1. The first-order valence-electron chi connectivity index (χ1n) is 9.10. The molecule has 0 aliphatic heterocycles. The third-order valence-electron chi connectivity index (χ3n) is 4.58. The predicted octanol–water partition coefficient (Wildman–Crippen LogP) is 3.20. The van der Waals surface area contributed by atoms with Gasteiger partial charge in [0.15, 0.2) is 6.61 Å². The van der Waals surface area contributed by atoms with Crippen molar-refractivity contribution in [1.82, 2.24) is 9.62 Å². The summed E-state index contributed by atoms with van der Waals surface area (Å²) in [5.41, 5.74) is 0. The summed E-state index contributed by atoms with van der Waals surface area (Å²) in [6.45, 7) is 4.20. The lowest BCUT2D eigenvalue weighted by Gasteiger charge is -2.22. The Morgan fingerprint density at radius 3 is 2.46 bits per heavy atom. The van der Waals surface area contributed by atoms with Gasteiger partial charge in [-0.25, -0.2) is 8.42 Å². The fraction of sp³-hybridized carbons (Fsp3) is 0.611. The summed E-state index contributed by atoms with van der Waals surface area (Å²) in [5, 5.41) is 3.13. The molecule has 1 N–H and O–H groups in total. The molecule has 0 atom stereocenters. The van der Waals surface area contributed by atoms with Crippen LogP contribution in [0, 0.1) is 0 Å². The minimum atomic E-state index is -3.58. The number of carbonyl (C=O) groups excluding carboxylic acids is 1. The molecule has 1 amide bonds. The Bertz CT molecular complexity index is 714. The molecule has 0 heterocycles. The van der Waals surface area contributed by atoms with Gasteiger partial charge in [0.2, 0.25) is 10.0 Å². The average molecular weight is 403 g/mol. The van der Waals surface area contributed by atoms with E-state index in [1.807, 2.05) is 0 Å². The summed E-state index contributed by atoms with van der Waals surface area (Å²) >= 11 is 6.16. The molecule has 0 unspecified atom stereocenters.